The Morgan fingerprint density at radius 3 is 2.37 bits per heavy atom. The second-order valence-corrected chi connectivity index (χ2v) is 5.77. The average Bonchev–Trinajstić information content (AvgIpc) is 2.78. The monoisotopic (exact) mass is 370 g/mol. The van der Waals surface area contributed by atoms with Crippen molar-refractivity contribution in [1.29, 1.82) is 0 Å². The lowest BCUT2D eigenvalue weighted by molar-refractivity contribution is 0.279. The summed E-state index contributed by atoms with van der Waals surface area (Å²) in [6.45, 7) is 5.04. The molecular weight excluding hydrogens is 351 g/mol. The first kappa shape index (κ1) is 14.5. The van der Waals surface area contributed by atoms with Gasteiger partial charge >= 0.3 is 0 Å². The van der Waals surface area contributed by atoms with Gasteiger partial charge in [-0.2, -0.15) is 5.10 Å². The van der Waals surface area contributed by atoms with E-state index in [9.17, 15) is 5.11 Å². The van der Waals surface area contributed by atoms with Crippen LogP contribution in [0.15, 0.2) is 24.3 Å². The van der Waals surface area contributed by atoms with Crippen LogP contribution in [0.1, 0.15) is 36.4 Å². The van der Waals surface area contributed by atoms with E-state index in [-0.39, 0.29) is 6.61 Å². The molecule has 0 saturated heterocycles. The number of hydrogen-bond acceptors (Lipinski definition) is 2. The van der Waals surface area contributed by atoms with E-state index in [0.717, 1.165) is 36.3 Å². The molecule has 1 aromatic carbocycles. The summed E-state index contributed by atoms with van der Waals surface area (Å²) in [5.74, 6) is 0. The smallest absolute Gasteiger partial charge is 0.0718 e. The van der Waals surface area contributed by atoms with Gasteiger partial charge in [-0.25, -0.2) is 0 Å². The molecule has 4 heteroatoms. The van der Waals surface area contributed by atoms with Crippen LogP contribution in [-0.2, 0) is 26.0 Å². The van der Waals surface area contributed by atoms with E-state index in [0.29, 0.717) is 0 Å². The SMILES string of the molecule is CCc1nn(Cc2ccc(I)cc2)c(CC)c1CO. The van der Waals surface area contributed by atoms with Crippen LogP contribution in [0.5, 0.6) is 0 Å². The summed E-state index contributed by atoms with van der Waals surface area (Å²) in [6, 6.07) is 8.48. The highest BCUT2D eigenvalue weighted by Crippen LogP contribution is 2.18. The minimum absolute atomic E-state index is 0.0824. The molecule has 1 N–H and O–H groups in total. The van der Waals surface area contributed by atoms with Crippen LogP contribution in [0.25, 0.3) is 0 Å². The van der Waals surface area contributed by atoms with Crippen molar-refractivity contribution in [2.45, 2.75) is 39.8 Å². The molecule has 0 bridgehead atoms. The fraction of sp³-hybridized carbons (Fsp3) is 0.400. The topological polar surface area (TPSA) is 38.0 Å². The molecule has 0 amide bonds. The summed E-state index contributed by atoms with van der Waals surface area (Å²) in [4.78, 5) is 0. The summed E-state index contributed by atoms with van der Waals surface area (Å²) in [5.41, 5.74) is 4.42. The molecule has 1 heterocycles. The maximum atomic E-state index is 9.52. The molecule has 0 aliphatic heterocycles. The lowest BCUT2D eigenvalue weighted by Gasteiger charge is -2.07. The number of rotatable bonds is 5. The van der Waals surface area contributed by atoms with Gasteiger partial charge in [0.2, 0.25) is 0 Å². The summed E-state index contributed by atoms with van der Waals surface area (Å²) in [6.07, 6.45) is 1.76. The maximum Gasteiger partial charge on any atom is 0.0718 e. The Morgan fingerprint density at radius 2 is 1.84 bits per heavy atom. The van der Waals surface area contributed by atoms with Crippen molar-refractivity contribution < 1.29 is 5.11 Å². The fourth-order valence-corrected chi connectivity index (χ4v) is 2.70. The van der Waals surface area contributed by atoms with Gasteiger partial charge in [-0.1, -0.05) is 26.0 Å². The number of benzene rings is 1. The third-order valence-corrected chi connectivity index (χ3v) is 4.04. The molecule has 0 atom stereocenters. The zero-order valence-corrected chi connectivity index (χ0v) is 13.5. The molecule has 1 aromatic heterocycles. The Kier molecular flexibility index (Phi) is 4.99. The third kappa shape index (κ3) is 3.17. The first-order valence-electron chi connectivity index (χ1n) is 6.62. The van der Waals surface area contributed by atoms with Gasteiger partial charge in [-0.15, -0.1) is 0 Å². The molecule has 0 saturated carbocycles. The van der Waals surface area contributed by atoms with Crippen LogP contribution in [-0.4, -0.2) is 14.9 Å². The molecule has 0 aliphatic carbocycles. The molecular formula is C15H19IN2O. The Balaban J connectivity index is 2.34. The second-order valence-electron chi connectivity index (χ2n) is 4.52. The highest BCUT2D eigenvalue weighted by molar-refractivity contribution is 14.1. The molecule has 0 fully saturated rings. The summed E-state index contributed by atoms with van der Waals surface area (Å²) < 4.78 is 3.27. The standard InChI is InChI=1S/C15H19IN2O/c1-3-14-13(10-19)15(4-2)18(17-14)9-11-5-7-12(16)8-6-11/h5-8,19H,3-4,9-10H2,1-2H3. The van der Waals surface area contributed by atoms with Gasteiger partial charge in [0.15, 0.2) is 0 Å². The Bertz CT molecular complexity index is 546. The van der Waals surface area contributed by atoms with Gasteiger partial charge in [-0.3, -0.25) is 4.68 Å². The minimum atomic E-state index is 0.0824. The minimum Gasteiger partial charge on any atom is -0.392 e. The van der Waals surface area contributed by atoms with Gasteiger partial charge < -0.3 is 5.11 Å². The molecule has 2 aromatic rings. The van der Waals surface area contributed by atoms with E-state index in [1.807, 2.05) is 4.68 Å². The van der Waals surface area contributed by atoms with Crippen LogP contribution in [0.2, 0.25) is 0 Å². The number of halogens is 1. The van der Waals surface area contributed by atoms with Crippen molar-refractivity contribution in [3.8, 4) is 0 Å². The van der Waals surface area contributed by atoms with Gasteiger partial charge in [0.25, 0.3) is 0 Å². The van der Waals surface area contributed by atoms with Crippen molar-refractivity contribution >= 4 is 22.6 Å². The number of aliphatic hydroxyl groups is 1. The largest absolute Gasteiger partial charge is 0.392 e. The highest BCUT2D eigenvalue weighted by Gasteiger charge is 2.14. The van der Waals surface area contributed by atoms with E-state index in [4.69, 9.17) is 0 Å². The Hall–Kier alpha value is -0.880. The van der Waals surface area contributed by atoms with Crippen molar-refractivity contribution in [3.63, 3.8) is 0 Å². The van der Waals surface area contributed by atoms with E-state index in [1.54, 1.807) is 0 Å². The van der Waals surface area contributed by atoms with Crippen molar-refractivity contribution in [2.24, 2.45) is 0 Å². The third-order valence-electron chi connectivity index (χ3n) is 3.32. The molecule has 0 spiro atoms. The van der Waals surface area contributed by atoms with Crippen molar-refractivity contribution in [1.82, 2.24) is 9.78 Å². The quantitative estimate of drug-likeness (QED) is 0.822. The van der Waals surface area contributed by atoms with Crippen molar-refractivity contribution in [2.75, 3.05) is 0 Å². The molecule has 2 rings (SSSR count). The van der Waals surface area contributed by atoms with Gasteiger partial charge in [0.05, 0.1) is 18.8 Å². The van der Waals surface area contributed by atoms with Crippen LogP contribution in [0.3, 0.4) is 0 Å². The molecule has 102 valence electrons. The Morgan fingerprint density at radius 1 is 1.16 bits per heavy atom. The van der Waals surface area contributed by atoms with Crippen LogP contribution < -0.4 is 0 Å². The molecule has 3 nitrogen and oxygen atoms in total. The summed E-state index contributed by atoms with van der Waals surface area (Å²) in [7, 11) is 0. The van der Waals surface area contributed by atoms with Crippen molar-refractivity contribution in [3.05, 3.63) is 50.4 Å². The molecule has 0 aliphatic rings. The predicted molar refractivity (Wildman–Crippen MR) is 85.2 cm³/mol. The van der Waals surface area contributed by atoms with Crippen LogP contribution >= 0.6 is 22.6 Å². The van der Waals surface area contributed by atoms with E-state index in [1.165, 1.54) is 9.13 Å². The zero-order chi connectivity index (χ0) is 13.8. The van der Waals surface area contributed by atoms with E-state index < -0.39 is 0 Å². The normalized spacial score (nSPS) is 10.9. The molecule has 19 heavy (non-hydrogen) atoms. The number of nitrogens with zero attached hydrogens (tertiary/aromatic N) is 2. The fourth-order valence-electron chi connectivity index (χ4n) is 2.34. The average molecular weight is 370 g/mol. The lowest BCUT2D eigenvalue weighted by atomic mass is 10.1. The van der Waals surface area contributed by atoms with Crippen LogP contribution in [0, 0.1) is 3.57 Å². The first-order chi connectivity index (χ1) is 9.19. The number of aromatic nitrogens is 2. The predicted octanol–water partition coefficient (Wildman–Crippen LogP) is 3.15. The van der Waals surface area contributed by atoms with Gasteiger partial charge in [0.1, 0.15) is 0 Å². The maximum absolute atomic E-state index is 9.52. The van der Waals surface area contributed by atoms with Crippen LogP contribution in [0.4, 0.5) is 0 Å². The lowest BCUT2D eigenvalue weighted by Crippen LogP contribution is -2.06. The molecule has 0 radical (unpaired) electrons. The van der Waals surface area contributed by atoms with Gasteiger partial charge in [-0.05, 0) is 53.1 Å². The highest BCUT2D eigenvalue weighted by atomic mass is 127. The second kappa shape index (κ2) is 6.52. The van der Waals surface area contributed by atoms with E-state index in [2.05, 4.69) is 65.8 Å². The number of hydrogen-bond donors (Lipinski definition) is 1. The van der Waals surface area contributed by atoms with E-state index >= 15 is 0 Å². The zero-order valence-electron chi connectivity index (χ0n) is 11.4. The number of aliphatic hydroxyl groups excluding tert-OH is 1. The van der Waals surface area contributed by atoms with Gasteiger partial charge in [0, 0.05) is 14.8 Å². The first-order valence-corrected chi connectivity index (χ1v) is 7.70. The summed E-state index contributed by atoms with van der Waals surface area (Å²) in [5, 5.41) is 14.2. The summed E-state index contributed by atoms with van der Waals surface area (Å²) >= 11 is 2.31. The number of aryl methyl sites for hydroxylation is 1. The molecule has 0 unspecified atom stereocenters. The Labute approximate surface area is 127 Å².